The molecule has 2 aromatic heterocycles. The molecule has 32 heavy (non-hydrogen) atoms. The molecule has 0 aliphatic rings. The van der Waals surface area contributed by atoms with Crippen molar-refractivity contribution in [3.63, 3.8) is 0 Å². The van der Waals surface area contributed by atoms with Gasteiger partial charge < -0.3 is 4.57 Å². The minimum absolute atomic E-state index is 0.0776. The lowest BCUT2D eigenvalue weighted by atomic mass is 10.0. The van der Waals surface area contributed by atoms with E-state index in [-0.39, 0.29) is 16.9 Å². The molecule has 0 bridgehead atoms. The average molecular weight is 439 g/mol. The van der Waals surface area contributed by atoms with Crippen molar-refractivity contribution in [1.29, 1.82) is 0 Å². The fraction of sp³-hybridized carbons (Fsp3) is 0.208. The fourth-order valence-corrected chi connectivity index (χ4v) is 3.68. The van der Waals surface area contributed by atoms with Crippen LogP contribution in [0.25, 0.3) is 5.78 Å². The Labute approximate surface area is 181 Å². The van der Waals surface area contributed by atoms with E-state index in [1.807, 2.05) is 18.4 Å². The lowest BCUT2D eigenvalue weighted by Gasteiger charge is -2.09. The number of nitrogens with zero attached hydrogens (tertiary/aromatic N) is 3. The van der Waals surface area contributed by atoms with E-state index in [4.69, 9.17) is 0 Å². The van der Waals surface area contributed by atoms with Crippen molar-refractivity contribution in [3.05, 3.63) is 105 Å². The Bertz CT molecular complexity index is 1350. The molecule has 0 unspecified atom stereocenters. The van der Waals surface area contributed by atoms with Crippen LogP contribution in [0, 0.1) is 6.92 Å². The van der Waals surface area contributed by atoms with Crippen LogP contribution in [0.1, 0.15) is 45.2 Å². The van der Waals surface area contributed by atoms with Crippen molar-refractivity contribution in [2.24, 2.45) is 0 Å². The topological polar surface area (TPSA) is 56.4 Å². The first-order valence-electron chi connectivity index (χ1n) is 10.1. The number of rotatable bonds is 5. The molecule has 0 saturated carbocycles. The summed E-state index contributed by atoms with van der Waals surface area (Å²) in [5.41, 5.74) is 1.97. The standard InChI is InChI=1S/C24H20F3N3O2/c1-3-20-15(2)28-23-29(12-13-30(23)22(20)32)14-16-4-6-17(7-5-16)21(31)18-8-10-19(11-9-18)24(25,26)27/h4-13H,3,14H2,1-2H3. The average Bonchev–Trinajstić information content (AvgIpc) is 3.16. The zero-order valence-corrected chi connectivity index (χ0v) is 17.5. The van der Waals surface area contributed by atoms with Crippen LogP contribution < -0.4 is 5.56 Å². The van der Waals surface area contributed by atoms with Crippen LogP contribution in [0.15, 0.2) is 65.7 Å². The molecule has 0 N–H and O–H groups in total. The second kappa shape index (κ2) is 8.11. The molecule has 0 fully saturated rings. The van der Waals surface area contributed by atoms with Crippen LogP contribution in [-0.4, -0.2) is 19.7 Å². The molecule has 4 aromatic rings. The summed E-state index contributed by atoms with van der Waals surface area (Å²) in [7, 11) is 0. The van der Waals surface area contributed by atoms with E-state index >= 15 is 0 Å². The Balaban J connectivity index is 1.56. The molecule has 0 atom stereocenters. The third kappa shape index (κ3) is 3.95. The number of imidazole rings is 1. The summed E-state index contributed by atoms with van der Waals surface area (Å²) in [6, 6.07) is 11.0. The van der Waals surface area contributed by atoms with Gasteiger partial charge in [-0.05, 0) is 31.0 Å². The number of benzene rings is 2. The Morgan fingerprint density at radius 3 is 2.12 bits per heavy atom. The Morgan fingerprint density at radius 1 is 0.969 bits per heavy atom. The normalized spacial score (nSPS) is 11.8. The number of fused-ring (bicyclic) bond motifs is 1. The molecule has 164 valence electrons. The van der Waals surface area contributed by atoms with Crippen molar-refractivity contribution in [3.8, 4) is 0 Å². The maximum atomic E-state index is 12.7. The van der Waals surface area contributed by atoms with E-state index in [1.54, 1.807) is 36.7 Å². The predicted molar refractivity (Wildman–Crippen MR) is 114 cm³/mol. The molecule has 0 spiro atoms. The van der Waals surface area contributed by atoms with Gasteiger partial charge >= 0.3 is 6.18 Å². The predicted octanol–water partition coefficient (Wildman–Crippen LogP) is 4.66. The Kier molecular flexibility index (Phi) is 5.46. The van der Waals surface area contributed by atoms with E-state index in [0.29, 0.717) is 35.6 Å². The molecular weight excluding hydrogens is 419 g/mol. The van der Waals surface area contributed by atoms with Crippen LogP contribution in [0.5, 0.6) is 0 Å². The second-order valence-corrected chi connectivity index (χ2v) is 7.53. The van der Waals surface area contributed by atoms with Gasteiger partial charge in [0.05, 0.1) is 12.1 Å². The van der Waals surface area contributed by atoms with Gasteiger partial charge in [-0.3, -0.25) is 14.0 Å². The van der Waals surface area contributed by atoms with E-state index in [2.05, 4.69) is 4.98 Å². The van der Waals surface area contributed by atoms with Gasteiger partial charge in [0.15, 0.2) is 5.78 Å². The number of hydrogen-bond acceptors (Lipinski definition) is 3. The molecule has 0 aliphatic heterocycles. The highest BCUT2D eigenvalue weighted by molar-refractivity contribution is 6.09. The quantitative estimate of drug-likeness (QED) is 0.425. The highest BCUT2D eigenvalue weighted by atomic mass is 19.4. The number of alkyl halides is 3. The lowest BCUT2D eigenvalue weighted by Crippen LogP contribution is -2.20. The monoisotopic (exact) mass is 439 g/mol. The lowest BCUT2D eigenvalue weighted by molar-refractivity contribution is -0.137. The van der Waals surface area contributed by atoms with Gasteiger partial charge in [0, 0.05) is 34.8 Å². The summed E-state index contributed by atoms with van der Waals surface area (Å²) < 4.78 is 41.5. The molecule has 0 radical (unpaired) electrons. The Morgan fingerprint density at radius 2 is 1.56 bits per heavy atom. The summed E-state index contributed by atoms with van der Waals surface area (Å²) >= 11 is 0. The first-order valence-corrected chi connectivity index (χ1v) is 10.1. The molecule has 2 aromatic carbocycles. The number of hydrogen-bond donors (Lipinski definition) is 0. The summed E-state index contributed by atoms with van der Waals surface area (Å²) in [5.74, 6) is 0.183. The van der Waals surface area contributed by atoms with Gasteiger partial charge in [-0.25, -0.2) is 4.98 Å². The fourth-order valence-electron chi connectivity index (χ4n) is 3.68. The van der Waals surface area contributed by atoms with Crippen LogP contribution in [0.2, 0.25) is 0 Å². The van der Waals surface area contributed by atoms with E-state index in [9.17, 15) is 22.8 Å². The maximum absolute atomic E-state index is 12.7. The van der Waals surface area contributed by atoms with E-state index in [0.717, 1.165) is 17.7 Å². The molecule has 2 heterocycles. The van der Waals surface area contributed by atoms with Crippen molar-refractivity contribution < 1.29 is 18.0 Å². The van der Waals surface area contributed by atoms with Gasteiger partial charge in [-0.2, -0.15) is 13.2 Å². The van der Waals surface area contributed by atoms with Crippen molar-refractivity contribution in [2.75, 3.05) is 0 Å². The minimum Gasteiger partial charge on any atom is -0.312 e. The minimum atomic E-state index is -4.44. The maximum Gasteiger partial charge on any atom is 0.416 e. The van der Waals surface area contributed by atoms with Crippen LogP contribution in [-0.2, 0) is 19.1 Å². The van der Waals surface area contributed by atoms with Gasteiger partial charge in [0.1, 0.15) is 0 Å². The van der Waals surface area contributed by atoms with Crippen molar-refractivity contribution >= 4 is 11.6 Å². The summed E-state index contributed by atoms with van der Waals surface area (Å²) in [4.78, 5) is 29.8. The highest BCUT2D eigenvalue weighted by Crippen LogP contribution is 2.29. The number of carbonyl (C=O) groups excluding carboxylic acids is 1. The molecular formula is C24H20F3N3O2. The zero-order valence-electron chi connectivity index (χ0n) is 17.5. The highest BCUT2D eigenvalue weighted by Gasteiger charge is 2.30. The molecule has 5 nitrogen and oxygen atoms in total. The number of ketones is 1. The number of aryl methyl sites for hydroxylation is 1. The van der Waals surface area contributed by atoms with Gasteiger partial charge in [0.25, 0.3) is 5.56 Å². The number of halogens is 3. The summed E-state index contributed by atoms with van der Waals surface area (Å²) in [5, 5.41) is 0. The summed E-state index contributed by atoms with van der Waals surface area (Å²) in [6.45, 7) is 4.18. The van der Waals surface area contributed by atoms with Gasteiger partial charge in [0.2, 0.25) is 5.78 Å². The third-order valence-corrected chi connectivity index (χ3v) is 5.45. The smallest absolute Gasteiger partial charge is 0.312 e. The van der Waals surface area contributed by atoms with Crippen LogP contribution in [0.3, 0.4) is 0 Å². The van der Waals surface area contributed by atoms with Crippen molar-refractivity contribution in [1.82, 2.24) is 14.0 Å². The molecule has 0 aliphatic carbocycles. The van der Waals surface area contributed by atoms with Gasteiger partial charge in [-0.15, -0.1) is 0 Å². The first kappa shape index (κ1) is 21.5. The third-order valence-electron chi connectivity index (χ3n) is 5.45. The number of aromatic nitrogens is 3. The summed E-state index contributed by atoms with van der Waals surface area (Å²) in [6.07, 6.45) is -0.363. The number of carbonyl (C=O) groups is 1. The van der Waals surface area contributed by atoms with Crippen LogP contribution >= 0.6 is 0 Å². The largest absolute Gasteiger partial charge is 0.416 e. The molecule has 8 heteroatoms. The van der Waals surface area contributed by atoms with E-state index in [1.165, 1.54) is 16.5 Å². The first-order chi connectivity index (χ1) is 15.2. The molecule has 4 rings (SSSR count). The molecule has 0 saturated heterocycles. The van der Waals surface area contributed by atoms with Crippen molar-refractivity contribution in [2.45, 2.75) is 33.0 Å². The molecule has 0 amide bonds. The van der Waals surface area contributed by atoms with E-state index < -0.39 is 11.7 Å². The van der Waals surface area contributed by atoms with Crippen LogP contribution in [0.4, 0.5) is 13.2 Å². The SMILES string of the molecule is CCc1c(C)nc2n(Cc3ccc(C(=O)c4ccc(C(F)(F)F)cc4)cc3)ccn2c1=O. The van der Waals surface area contributed by atoms with Gasteiger partial charge in [-0.1, -0.05) is 43.3 Å². The zero-order chi connectivity index (χ0) is 23.0. The Hall–Kier alpha value is -3.68. The second-order valence-electron chi connectivity index (χ2n) is 7.53.